The Morgan fingerprint density at radius 3 is 2.23 bits per heavy atom. The third kappa shape index (κ3) is 5.06. The molecule has 3 heteroatoms. The first-order valence-corrected chi connectivity index (χ1v) is 8.86. The molecule has 1 aliphatic rings. The molecule has 1 aliphatic carbocycles. The third-order valence-corrected chi connectivity index (χ3v) is 5.20. The van der Waals surface area contributed by atoms with Gasteiger partial charge in [-0.2, -0.15) is 0 Å². The van der Waals surface area contributed by atoms with Crippen LogP contribution >= 0.6 is 0 Å². The Kier molecular flexibility index (Phi) is 6.84. The summed E-state index contributed by atoms with van der Waals surface area (Å²) in [5, 5.41) is 0. The summed E-state index contributed by atoms with van der Waals surface area (Å²) in [5.74, 6) is 0.593. The average Bonchev–Trinajstić information content (AvgIpc) is 2.54. The Hall–Kier alpha value is -0.930. The Labute approximate surface area is 134 Å². The summed E-state index contributed by atoms with van der Waals surface area (Å²) in [6.07, 6.45) is 7.11. The van der Waals surface area contributed by atoms with Crippen molar-refractivity contribution < 1.29 is 4.39 Å². The van der Waals surface area contributed by atoms with Gasteiger partial charge in [0.05, 0.1) is 0 Å². The van der Waals surface area contributed by atoms with Crippen LogP contribution in [0.2, 0.25) is 0 Å². The molecule has 0 spiro atoms. The summed E-state index contributed by atoms with van der Waals surface area (Å²) in [5.41, 5.74) is 7.27. The highest BCUT2D eigenvalue weighted by Gasteiger charge is 2.25. The molecule has 0 radical (unpaired) electrons. The zero-order valence-corrected chi connectivity index (χ0v) is 14.1. The second kappa shape index (κ2) is 8.64. The Balaban J connectivity index is 2.04. The van der Waals surface area contributed by atoms with Gasteiger partial charge in [-0.05, 0) is 49.3 Å². The minimum absolute atomic E-state index is 0.154. The van der Waals surface area contributed by atoms with Gasteiger partial charge in [0, 0.05) is 25.2 Å². The van der Waals surface area contributed by atoms with Crippen molar-refractivity contribution in [2.24, 2.45) is 11.7 Å². The largest absolute Gasteiger partial charge is 0.328 e. The van der Waals surface area contributed by atoms with Gasteiger partial charge in [-0.25, -0.2) is 4.39 Å². The molecule has 0 unspecified atom stereocenters. The molecule has 1 aromatic rings. The molecular weight excluding hydrogens is 275 g/mol. The number of benzene rings is 1. The van der Waals surface area contributed by atoms with Crippen molar-refractivity contribution in [1.82, 2.24) is 4.90 Å². The van der Waals surface area contributed by atoms with Crippen molar-refractivity contribution in [2.45, 2.75) is 71.0 Å². The molecule has 22 heavy (non-hydrogen) atoms. The van der Waals surface area contributed by atoms with E-state index in [1.165, 1.54) is 31.2 Å². The molecule has 1 aromatic carbocycles. The van der Waals surface area contributed by atoms with E-state index in [4.69, 9.17) is 5.73 Å². The molecule has 0 atom stereocenters. The Bertz CT molecular complexity index is 420. The Morgan fingerprint density at radius 1 is 1.09 bits per heavy atom. The van der Waals surface area contributed by atoms with E-state index in [1.807, 2.05) is 12.1 Å². The summed E-state index contributed by atoms with van der Waals surface area (Å²) in [4.78, 5) is 2.62. The van der Waals surface area contributed by atoms with E-state index in [0.717, 1.165) is 31.8 Å². The minimum Gasteiger partial charge on any atom is -0.328 e. The predicted octanol–water partition coefficient (Wildman–Crippen LogP) is 4.33. The van der Waals surface area contributed by atoms with E-state index >= 15 is 0 Å². The van der Waals surface area contributed by atoms with E-state index < -0.39 is 0 Å². The quantitative estimate of drug-likeness (QED) is 0.812. The fourth-order valence-electron chi connectivity index (χ4n) is 3.51. The topological polar surface area (TPSA) is 29.3 Å². The van der Waals surface area contributed by atoms with Crippen LogP contribution in [0.25, 0.3) is 0 Å². The lowest BCUT2D eigenvalue weighted by Crippen LogP contribution is -2.42. The molecule has 0 bridgehead atoms. The lowest BCUT2D eigenvalue weighted by Gasteiger charge is -2.38. The van der Waals surface area contributed by atoms with Gasteiger partial charge in [0.15, 0.2) is 0 Å². The van der Waals surface area contributed by atoms with E-state index in [2.05, 4.69) is 18.7 Å². The van der Waals surface area contributed by atoms with Gasteiger partial charge in [0.1, 0.15) is 5.82 Å². The zero-order chi connectivity index (χ0) is 15.9. The molecule has 0 aromatic heterocycles. The standard InChI is InChI=1S/C19H31FN2/c1-3-15(4-2)13-22(19-11-9-18(21)10-12-19)14-16-5-7-17(20)8-6-16/h5-8,15,18-19H,3-4,9-14,21H2,1-2H3. The first-order chi connectivity index (χ1) is 10.6. The maximum absolute atomic E-state index is 13.1. The van der Waals surface area contributed by atoms with E-state index in [-0.39, 0.29) is 5.82 Å². The molecular formula is C19H31FN2. The molecule has 2 rings (SSSR count). The predicted molar refractivity (Wildman–Crippen MR) is 91.1 cm³/mol. The molecule has 0 aliphatic heterocycles. The number of nitrogens with two attached hydrogens (primary N) is 1. The number of rotatable bonds is 7. The first-order valence-electron chi connectivity index (χ1n) is 8.86. The van der Waals surface area contributed by atoms with Crippen LogP contribution in [0.15, 0.2) is 24.3 Å². The van der Waals surface area contributed by atoms with E-state index in [1.54, 1.807) is 12.1 Å². The SMILES string of the molecule is CCC(CC)CN(Cc1ccc(F)cc1)C1CCC(N)CC1. The van der Waals surface area contributed by atoms with Crippen LogP contribution < -0.4 is 5.73 Å². The van der Waals surface area contributed by atoms with Gasteiger partial charge in [-0.3, -0.25) is 4.90 Å². The fourth-order valence-corrected chi connectivity index (χ4v) is 3.51. The smallest absolute Gasteiger partial charge is 0.123 e. The maximum Gasteiger partial charge on any atom is 0.123 e. The molecule has 0 saturated heterocycles. The number of hydrogen-bond acceptors (Lipinski definition) is 2. The highest BCUT2D eigenvalue weighted by molar-refractivity contribution is 5.16. The van der Waals surface area contributed by atoms with Crippen LogP contribution in [0.4, 0.5) is 4.39 Å². The second-order valence-corrected chi connectivity index (χ2v) is 6.81. The van der Waals surface area contributed by atoms with Gasteiger partial charge in [-0.15, -0.1) is 0 Å². The van der Waals surface area contributed by atoms with Crippen LogP contribution in [-0.2, 0) is 6.54 Å². The minimum atomic E-state index is -0.154. The lowest BCUT2D eigenvalue weighted by molar-refractivity contribution is 0.117. The van der Waals surface area contributed by atoms with Crippen LogP contribution in [0.3, 0.4) is 0 Å². The van der Waals surface area contributed by atoms with Gasteiger partial charge >= 0.3 is 0 Å². The summed E-state index contributed by atoms with van der Waals surface area (Å²) < 4.78 is 13.1. The van der Waals surface area contributed by atoms with Crippen molar-refractivity contribution in [2.75, 3.05) is 6.54 Å². The molecule has 1 saturated carbocycles. The highest BCUT2D eigenvalue weighted by atomic mass is 19.1. The second-order valence-electron chi connectivity index (χ2n) is 6.81. The van der Waals surface area contributed by atoms with E-state index in [9.17, 15) is 4.39 Å². The van der Waals surface area contributed by atoms with E-state index in [0.29, 0.717) is 12.1 Å². The molecule has 1 fully saturated rings. The summed E-state index contributed by atoms with van der Waals surface area (Å²) in [6.45, 7) is 6.63. The fraction of sp³-hybridized carbons (Fsp3) is 0.684. The summed E-state index contributed by atoms with van der Waals surface area (Å²) >= 11 is 0. The summed E-state index contributed by atoms with van der Waals surface area (Å²) in [6, 6.07) is 8.00. The Morgan fingerprint density at radius 2 is 1.68 bits per heavy atom. The number of halogens is 1. The van der Waals surface area contributed by atoms with Gasteiger partial charge in [-0.1, -0.05) is 38.8 Å². The van der Waals surface area contributed by atoms with Gasteiger partial charge < -0.3 is 5.73 Å². The van der Waals surface area contributed by atoms with Crippen molar-refractivity contribution >= 4 is 0 Å². The lowest BCUT2D eigenvalue weighted by atomic mass is 9.89. The molecule has 0 amide bonds. The van der Waals surface area contributed by atoms with Crippen LogP contribution in [0, 0.1) is 11.7 Å². The zero-order valence-electron chi connectivity index (χ0n) is 14.1. The van der Waals surface area contributed by atoms with Gasteiger partial charge in [0.2, 0.25) is 0 Å². The van der Waals surface area contributed by atoms with Crippen molar-refractivity contribution in [1.29, 1.82) is 0 Å². The van der Waals surface area contributed by atoms with Crippen LogP contribution in [0.5, 0.6) is 0 Å². The van der Waals surface area contributed by atoms with Crippen molar-refractivity contribution in [3.8, 4) is 0 Å². The summed E-state index contributed by atoms with van der Waals surface area (Å²) in [7, 11) is 0. The number of nitrogens with zero attached hydrogens (tertiary/aromatic N) is 1. The van der Waals surface area contributed by atoms with Gasteiger partial charge in [0.25, 0.3) is 0 Å². The maximum atomic E-state index is 13.1. The van der Waals surface area contributed by atoms with Crippen molar-refractivity contribution in [3.63, 3.8) is 0 Å². The molecule has 124 valence electrons. The normalized spacial score (nSPS) is 22.5. The van der Waals surface area contributed by atoms with Crippen molar-refractivity contribution in [3.05, 3.63) is 35.6 Å². The van der Waals surface area contributed by atoms with Crippen LogP contribution in [-0.4, -0.2) is 23.5 Å². The molecule has 2 N–H and O–H groups in total. The molecule has 0 heterocycles. The molecule has 2 nitrogen and oxygen atoms in total. The highest BCUT2D eigenvalue weighted by Crippen LogP contribution is 2.25. The third-order valence-electron chi connectivity index (χ3n) is 5.20. The van der Waals surface area contributed by atoms with Crippen LogP contribution in [0.1, 0.15) is 57.9 Å². The first kappa shape index (κ1) is 17.4. The number of hydrogen-bond donors (Lipinski definition) is 1. The average molecular weight is 306 g/mol. The monoisotopic (exact) mass is 306 g/mol.